The van der Waals surface area contributed by atoms with Gasteiger partial charge in [-0.05, 0) is 46.9 Å². The molecule has 0 bridgehead atoms. The Labute approximate surface area is 133 Å². The van der Waals surface area contributed by atoms with Gasteiger partial charge >= 0.3 is 0 Å². The summed E-state index contributed by atoms with van der Waals surface area (Å²) in [5.74, 6) is 1.26. The fourth-order valence-electron chi connectivity index (χ4n) is 1.77. The van der Waals surface area contributed by atoms with Crippen LogP contribution in [-0.4, -0.2) is 22.1 Å². The topological polar surface area (TPSA) is 76.8 Å². The minimum absolute atomic E-state index is 0.436. The van der Waals surface area contributed by atoms with Crippen molar-refractivity contribution >= 4 is 51.2 Å². The standard InChI is InChI=1S/C13H11IN4OS/c1-19-7-2-3-8(14)10(6-7)20-13-17-9-4-5-16-12(15)11(9)18-13/h2-6H,1H3,(H2,15,16)(H,17,18). The number of halogens is 1. The second-order valence-electron chi connectivity index (χ2n) is 4.03. The number of ether oxygens (including phenoxy) is 1. The molecule has 0 fully saturated rings. The highest BCUT2D eigenvalue weighted by atomic mass is 127. The van der Waals surface area contributed by atoms with Crippen LogP contribution in [-0.2, 0) is 0 Å². The molecule has 2 heterocycles. The largest absolute Gasteiger partial charge is 0.497 e. The third kappa shape index (κ3) is 2.55. The average Bonchev–Trinajstić information content (AvgIpc) is 2.85. The van der Waals surface area contributed by atoms with E-state index >= 15 is 0 Å². The molecule has 5 nitrogen and oxygen atoms in total. The number of hydrogen-bond donors (Lipinski definition) is 2. The Bertz CT molecular complexity index is 774. The Hall–Kier alpha value is -1.48. The van der Waals surface area contributed by atoms with Gasteiger partial charge in [-0.2, -0.15) is 0 Å². The SMILES string of the molecule is COc1ccc(I)c(Sc2nc3c(N)nccc3[nH]2)c1. The number of aromatic amines is 1. The van der Waals surface area contributed by atoms with Gasteiger partial charge in [0.05, 0.1) is 12.6 Å². The van der Waals surface area contributed by atoms with Crippen molar-refractivity contribution in [3.05, 3.63) is 34.0 Å². The predicted octanol–water partition coefficient (Wildman–Crippen LogP) is 3.30. The Morgan fingerprint density at radius 2 is 2.20 bits per heavy atom. The van der Waals surface area contributed by atoms with E-state index in [0.29, 0.717) is 11.3 Å². The molecule has 0 saturated heterocycles. The minimum Gasteiger partial charge on any atom is -0.497 e. The number of nitrogen functional groups attached to an aromatic ring is 1. The van der Waals surface area contributed by atoms with Gasteiger partial charge in [0.2, 0.25) is 0 Å². The summed E-state index contributed by atoms with van der Waals surface area (Å²) in [6.45, 7) is 0. The van der Waals surface area contributed by atoms with Gasteiger partial charge in [-0.3, -0.25) is 0 Å². The summed E-state index contributed by atoms with van der Waals surface area (Å²) < 4.78 is 6.39. The number of hydrogen-bond acceptors (Lipinski definition) is 5. The summed E-state index contributed by atoms with van der Waals surface area (Å²) in [5.41, 5.74) is 7.40. The summed E-state index contributed by atoms with van der Waals surface area (Å²) in [4.78, 5) is 12.8. The molecule has 0 aliphatic carbocycles. The van der Waals surface area contributed by atoms with Crippen molar-refractivity contribution in [3.63, 3.8) is 0 Å². The predicted molar refractivity (Wildman–Crippen MR) is 88.1 cm³/mol. The molecule has 7 heteroatoms. The number of H-pyrrole nitrogens is 1. The average molecular weight is 398 g/mol. The zero-order chi connectivity index (χ0) is 14.1. The van der Waals surface area contributed by atoms with E-state index in [0.717, 1.165) is 24.9 Å². The van der Waals surface area contributed by atoms with Crippen LogP contribution in [0.4, 0.5) is 5.82 Å². The van der Waals surface area contributed by atoms with Crippen LogP contribution >= 0.6 is 34.4 Å². The summed E-state index contributed by atoms with van der Waals surface area (Å²) in [6.07, 6.45) is 1.67. The number of methoxy groups -OCH3 is 1. The second kappa shape index (κ2) is 5.49. The molecule has 0 amide bonds. The number of pyridine rings is 1. The molecule has 3 aromatic rings. The van der Waals surface area contributed by atoms with E-state index in [2.05, 4.69) is 37.5 Å². The lowest BCUT2D eigenvalue weighted by molar-refractivity contribution is 0.413. The van der Waals surface area contributed by atoms with Crippen LogP contribution in [0.15, 0.2) is 40.5 Å². The quantitative estimate of drug-likeness (QED) is 0.663. The van der Waals surface area contributed by atoms with Crippen molar-refractivity contribution in [1.82, 2.24) is 15.0 Å². The number of aromatic nitrogens is 3. The van der Waals surface area contributed by atoms with Crippen LogP contribution in [0.25, 0.3) is 11.0 Å². The van der Waals surface area contributed by atoms with Gasteiger partial charge in [0, 0.05) is 14.7 Å². The van der Waals surface area contributed by atoms with Gasteiger partial charge in [-0.1, -0.05) is 11.8 Å². The Morgan fingerprint density at radius 1 is 1.35 bits per heavy atom. The molecular formula is C13H11IN4OS. The normalized spacial score (nSPS) is 10.9. The fourth-order valence-corrected chi connectivity index (χ4v) is 3.29. The molecule has 20 heavy (non-hydrogen) atoms. The van der Waals surface area contributed by atoms with E-state index in [4.69, 9.17) is 10.5 Å². The summed E-state index contributed by atoms with van der Waals surface area (Å²) in [5, 5.41) is 0.783. The van der Waals surface area contributed by atoms with Gasteiger partial charge < -0.3 is 15.5 Å². The first-order valence-electron chi connectivity index (χ1n) is 5.79. The molecule has 0 unspecified atom stereocenters. The number of fused-ring (bicyclic) bond motifs is 1. The van der Waals surface area contributed by atoms with E-state index in [-0.39, 0.29) is 0 Å². The zero-order valence-corrected chi connectivity index (χ0v) is 13.5. The van der Waals surface area contributed by atoms with Gasteiger partial charge in [0.15, 0.2) is 11.0 Å². The summed E-state index contributed by atoms with van der Waals surface area (Å²) >= 11 is 3.83. The van der Waals surface area contributed by atoms with Gasteiger partial charge in [0.1, 0.15) is 11.3 Å². The number of benzene rings is 1. The highest BCUT2D eigenvalue weighted by Gasteiger charge is 2.10. The molecule has 0 spiro atoms. The maximum Gasteiger partial charge on any atom is 0.171 e. The molecule has 3 rings (SSSR count). The summed E-state index contributed by atoms with van der Waals surface area (Å²) in [6, 6.07) is 7.80. The smallest absolute Gasteiger partial charge is 0.171 e. The van der Waals surface area contributed by atoms with Crippen LogP contribution in [0.5, 0.6) is 5.75 Å². The lowest BCUT2D eigenvalue weighted by Gasteiger charge is -2.05. The second-order valence-corrected chi connectivity index (χ2v) is 6.23. The van der Waals surface area contributed by atoms with Crippen molar-refractivity contribution in [2.75, 3.05) is 12.8 Å². The molecule has 1 aromatic carbocycles. The molecule has 0 aliphatic heterocycles. The lowest BCUT2D eigenvalue weighted by atomic mass is 10.3. The number of rotatable bonds is 3. The Balaban J connectivity index is 1.99. The van der Waals surface area contributed by atoms with Crippen molar-refractivity contribution in [2.45, 2.75) is 10.1 Å². The highest BCUT2D eigenvalue weighted by molar-refractivity contribution is 14.1. The number of anilines is 1. The first-order valence-corrected chi connectivity index (χ1v) is 7.68. The third-order valence-electron chi connectivity index (χ3n) is 2.75. The van der Waals surface area contributed by atoms with E-state index in [1.54, 1.807) is 25.1 Å². The molecule has 0 radical (unpaired) electrons. The van der Waals surface area contributed by atoms with Gasteiger partial charge in [0.25, 0.3) is 0 Å². The van der Waals surface area contributed by atoms with Crippen molar-refractivity contribution in [3.8, 4) is 5.75 Å². The molecule has 0 atom stereocenters. The highest BCUT2D eigenvalue weighted by Crippen LogP contribution is 2.33. The first-order chi connectivity index (χ1) is 9.67. The van der Waals surface area contributed by atoms with Crippen molar-refractivity contribution in [1.29, 1.82) is 0 Å². The first kappa shape index (κ1) is 13.5. The van der Waals surface area contributed by atoms with Gasteiger partial charge in [-0.25, -0.2) is 9.97 Å². The minimum atomic E-state index is 0.436. The lowest BCUT2D eigenvalue weighted by Crippen LogP contribution is -1.89. The molecule has 3 N–H and O–H groups in total. The number of nitrogens with two attached hydrogens (primary N) is 1. The van der Waals surface area contributed by atoms with E-state index in [1.165, 1.54) is 0 Å². The number of nitrogens with zero attached hydrogens (tertiary/aromatic N) is 2. The summed E-state index contributed by atoms with van der Waals surface area (Å²) in [7, 11) is 1.66. The maximum absolute atomic E-state index is 5.81. The zero-order valence-electron chi connectivity index (χ0n) is 10.6. The molecular weight excluding hydrogens is 387 g/mol. The van der Waals surface area contributed by atoms with Crippen LogP contribution in [0.1, 0.15) is 0 Å². The van der Waals surface area contributed by atoms with Gasteiger partial charge in [-0.15, -0.1) is 0 Å². The molecule has 0 aliphatic rings. The van der Waals surface area contributed by atoms with E-state index in [1.807, 2.05) is 24.3 Å². The van der Waals surface area contributed by atoms with Crippen molar-refractivity contribution < 1.29 is 4.74 Å². The molecule has 0 saturated carbocycles. The number of nitrogens with one attached hydrogen (secondary N) is 1. The molecule has 2 aromatic heterocycles. The number of imidazole rings is 1. The fraction of sp³-hybridized carbons (Fsp3) is 0.0769. The van der Waals surface area contributed by atoms with Crippen LogP contribution in [0, 0.1) is 3.57 Å². The van der Waals surface area contributed by atoms with E-state index in [9.17, 15) is 0 Å². The maximum atomic E-state index is 5.81. The third-order valence-corrected chi connectivity index (χ3v) is 5.00. The van der Waals surface area contributed by atoms with Crippen LogP contribution in [0.3, 0.4) is 0 Å². The Kier molecular flexibility index (Phi) is 3.70. The van der Waals surface area contributed by atoms with Crippen LogP contribution in [0.2, 0.25) is 0 Å². The van der Waals surface area contributed by atoms with E-state index < -0.39 is 0 Å². The Morgan fingerprint density at radius 3 is 2.95 bits per heavy atom. The van der Waals surface area contributed by atoms with Crippen molar-refractivity contribution in [2.24, 2.45) is 0 Å². The monoisotopic (exact) mass is 398 g/mol. The van der Waals surface area contributed by atoms with Crippen LogP contribution < -0.4 is 10.5 Å². The molecule has 102 valence electrons.